The first kappa shape index (κ1) is 19.4. The lowest BCUT2D eigenvalue weighted by molar-refractivity contribution is -0.138. The highest BCUT2D eigenvalue weighted by atomic mass is 16.2. The minimum atomic E-state index is -0.156. The molecule has 1 aliphatic rings. The fourth-order valence-corrected chi connectivity index (χ4v) is 3.63. The molecular weight excluding hydrogens is 314 g/mol. The second-order valence-electron chi connectivity index (χ2n) is 7.56. The van der Waals surface area contributed by atoms with E-state index in [0.717, 1.165) is 18.7 Å². The SMILES string of the molecule is CNC(=O)c1ccc(CN(C)C(C)C(=O)N2CC(C)CC(C)C2)cc1. The second-order valence-corrected chi connectivity index (χ2v) is 7.56. The molecule has 5 nitrogen and oxygen atoms in total. The molecule has 2 amide bonds. The summed E-state index contributed by atoms with van der Waals surface area (Å²) in [5.74, 6) is 1.27. The number of hydrogen-bond acceptors (Lipinski definition) is 3. The summed E-state index contributed by atoms with van der Waals surface area (Å²) in [7, 11) is 3.60. The molecule has 5 heteroatoms. The second kappa shape index (κ2) is 8.48. The summed E-state index contributed by atoms with van der Waals surface area (Å²) in [4.78, 5) is 28.5. The van der Waals surface area contributed by atoms with E-state index in [1.165, 1.54) is 6.42 Å². The molecule has 0 aliphatic carbocycles. The van der Waals surface area contributed by atoms with Crippen LogP contribution in [0.5, 0.6) is 0 Å². The van der Waals surface area contributed by atoms with Gasteiger partial charge in [0.2, 0.25) is 5.91 Å². The van der Waals surface area contributed by atoms with Gasteiger partial charge in [-0.25, -0.2) is 0 Å². The van der Waals surface area contributed by atoms with Crippen LogP contribution in [-0.4, -0.2) is 54.8 Å². The van der Waals surface area contributed by atoms with Gasteiger partial charge in [-0.3, -0.25) is 14.5 Å². The normalized spacial score (nSPS) is 21.9. The molecule has 1 fully saturated rings. The number of carbonyl (C=O) groups is 2. The Hall–Kier alpha value is -1.88. The molecule has 0 bridgehead atoms. The molecule has 2 rings (SSSR count). The predicted octanol–water partition coefficient (Wildman–Crippen LogP) is 2.37. The first-order chi connectivity index (χ1) is 11.8. The molecule has 1 aliphatic heterocycles. The summed E-state index contributed by atoms with van der Waals surface area (Å²) in [6.45, 7) is 8.83. The lowest BCUT2D eigenvalue weighted by Crippen LogP contribution is -2.50. The maximum absolute atomic E-state index is 12.8. The largest absolute Gasteiger partial charge is 0.355 e. The highest BCUT2D eigenvalue weighted by molar-refractivity contribution is 5.93. The van der Waals surface area contributed by atoms with Crippen molar-refractivity contribution in [1.29, 1.82) is 0 Å². The number of piperidine rings is 1. The van der Waals surface area contributed by atoms with Gasteiger partial charge in [0.05, 0.1) is 6.04 Å². The molecule has 1 aromatic rings. The summed E-state index contributed by atoms with van der Waals surface area (Å²) in [5, 5.41) is 2.62. The van der Waals surface area contributed by atoms with Crippen molar-refractivity contribution in [2.75, 3.05) is 27.2 Å². The van der Waals surface area contributed by atoms with Crippen molar-refractivity contribution in [3.8, 4) is 0 Å². The first-order valence-electron chi connectivity index (χ1n) is 9.11. The summed E-state index contributed by atoms with van der Waals surface area (Å²) in [6, 6.07) is 7.38. The van der Waals surface area contributed by atoms with Gasteiger partial charge in [-0.1, -0.05) is 26.0 Å². The van der Waals surface area contributed by atoms with Gasteiger partial charge in [0.25, 0.3) is 5.91 Å². The van der Waals surface area contributed by atoms with Gasteiger partial charge < -0.3 is 10.2 Å². The molecule has 1 heterocycles. The van der Waals surface area contributed by atoms with Crippen LogP contribution in [0.15, 0.2) is 24.3 Å². The predicted molar refractivity (Wildman–Crippen MR) is 100 cm³/mol. The number of rotatable bonds is 5. The van der Waals surface area contributed by atoms with E-state index >= 15 is 0 Å². The third-order valence-corrected chi connectivity index (χ3v) is 5.07. The van der Waals surface area contributed by atoms with Gasteiger partial charge in [-0.2, -0.15) is 0 Å². The minimum Gasteiger partial charge on any atom is -0.355 e. The average molecular weight is 345 g/mol. The fraction of sp³-hybridized carbons (Fsp3) is 0.600. The number of likely N-dealkylation sites (N-methyl/N-ethyl adjacent to an activating group) is 1. The third-order valence-electron chi connectivity index (χ3n) is 5.07. The molecule has 0 saturated carbocycles. The van der Waals surface area contributed by atoms with E-state index in [1.807, 2.05) is 43.1 Å². The van der Waals surface area contributed by atoms with E-state index in [0.29, 0.717) is 23.9 Å². The summed E-state index contributed by atoms with van der Waals surface area (Å²) in [6.07, 6.45) is 1.20. The van der Waals surface area contributed by atoms with E-state index in [9.17, 15) is 9.59 Å². The van der Waals surface area contributed by atoms with Gasteiger partial charge in [-0.15, -0.1) is 0 Å². The molecule has 3 atom stereocenters. The Bertz CT molecular complexity index is 589. The summed E-state index contributed by atoms with van der Waals surface area (Å²) in [5.41, 5.74) is 1.74. The van der Waals surface area contributed by atoms with Crippen LogP contribution in [0, 0.1) is 11.8 Å². The highest BCUT2D eigenvalue weighted by Gasteiger charge is 2.29. The van der Waals surface area contributed by atoms with E-state index in [2.05, 4.69) is 24.1 Å². The quantitative estimate of drug-likeness (QED) is 0.891. The zero-order valence-corrected chi connectivity index (χ0v) is 16.1. The van der Waals surface area contributed by atoms with Crippen molar-refractivity contribution >= 4 is 11.8 Å². The van der Waals surface area contributed by atoms with Crippen LogP contribution in [0.25, 0.3) is 0 Å². The molecule has 138 valence electrons. The molecule has 3 unspecified atom stereocenters. The van der Waals surface area contributed by atoms with Crippen molar-refractivity contribution in [2.24, 2.45) is 11.8 Å². The Morgan fingerprint density at radius 2 is 1.76 bits per heavy atom. The van der Waals surface area contributed by atoms with Crippen molar-refractivity contribution in [1.82, 2.24) is 15.1 Å². The van der Waals surface area contributed by atoms with Crippen molar-refractivity contribution in [3.63, 3.8) is 0 Å². The number of nitrogens with one attached hydrogen (secondary N) is 1. The van der Waals surface area contributed by atoms with E-state index in [-0.39, 0.29) is 17.9 Å². The van der Waals surface area contributed by atoms with Crippen molar-refractivity contribution in [3.05, 3.63) is 35.4 Å². The van der Waals surface area contributed by atoms with Crippen molar-refractivity contribution < 1.29 is 9.59 Å². The average Bonchev–Trinajstić information content (AvgIpc) is 2.59. The summed E-state index contributed by atoms with van der Waals surface area (Å²) >= 11 is 0. The topological polar surface area (TPSA) is 52.7 Å². The zero-order chi connectivity index (χ0) is 18.6. The van der Waals surface area contributed by atoms with Crippen LogP contribution in [0.4, 0.5) is 0 Å². The van der Waals surface area contributed by atoms with Crippen LogP contribution in [0.2, 0.25) is 0 Å². The maximum Gasteiger partial charge on any atom is 0.251 e. The number of amides is 2. The molecule has 1 saturated heterocycles. The molecular formula is C20H31N3O2. The molecule has 0 spiro atoms. The molecule has 1 N–H and O–H groups in total. The Morgan fingerprint density at radius 3 is 2.28 bits per heavy atom. The van der Waals surface area contributed by atoms with Crippen LogP contribution in [0.3, 0.4) is 0 Å². The highest BCUT2D eigenvalue weighted by Crippen LogP contribution is 2.22. The number of carbonyl (C=O) groups excluding carboxylic acids is 2. The van der Waals surface area contributed by atoms with E-state index < -0.39 is 0 Å². The van der Waals surface area contributed by atoms with Crippen LogP contribution >= 0.6 is 0 Å². The van der Waals surface area contributed by atoms with Gasteiger partial charge in [-0.05, 0) is 49.9 Å². The Balaban J connectivity index is 1.96. The number of benzene rings is 1. The Morgan fingerprint density at radius 1 is 1.20 bits per heavy atom. The molecule has 0 aromatic heterocycles. The fourth-order valence-electron chi connectivity index (χ4n) is 3.63. The van der Waals surface area contributed by atoms with Gasteiger partial charge in [0, 0.05) is 32.2 Å². The number of nitrogens with zero attached hydrogens (tertiary/aromatic N) is 2. The summed E-state index contributed by atoms with van der Waals surface area (Å²) < 4.78 is 0. The van der Waals surface area contributed by atoms with Crippen LogP contribution in [0.1, 0.15) is 43.1 Å². The number of hydrogen-bond donors (Lipinski definition) is 1. The molecule has 1 aromatic carbocycles. The monoisotopic (exact) mass is 345 g/mol. The van der Waals surface area contributed by atoms with Gasteiger partial charge >= 0.3 is 0 Å². The van der Waals surface area contributed by atoms with E-state index in [4.69, 9.17) is 0 Å². The molecule has 25 heavy (non-hydrogen) atoms. The van der Waals surface area contributed by atoms with Gasteiger partial charge in [0.15, 0.2) is 0 Å². The lowest BCUT2D eigenvalue weighted by Gasteiger charge is -2.38. The number of likely N-dealkylation sites (tertiary alicyclic amines) is 1. The Kier molecular flexibility index (Phi) is 6.59. The standard InChI is InChI=1S/C20H31N3O2/c1-14-10-15(2)12-23(11-14)20(25)16(3)22(5)13-17-6-8-18(9-7-17)19(24)21-4/h6-9,14-16H,10-13H2,1-5H3,(H,21,24). The van der Waals surface area contributed by atoms with E-state index in [1.54, 1.807) is 7.05 Å². The first-order valence-corrected chi connectivity index (χ1v) is 9.11. The minimum absolute atomic E-state index is 0.0863. The van der Waals surface area contributed by atoms with Gasteiger partial charge in [0.1, 0.15) is 0 Å². The van der Waals surface area contributed by atoms with Crippen molar-refractivity contribution in [2.45, 2.75) is 39.8 Å². The smallest absolute Gasteiger partial charge is 0.251 e. The zero-order valence-electron chi connectivity index (χ0n) is 16.1. The lowest BCUT2D eigenvalue weighted by atomic mass is 9.91. The van der Waals surface area contributed by atoms with Crippen LogP contribution < -0.4 is 5.32 Å². The third kappa shape index (κ3) is 5.05. The maximum atomic E-state index is 12.8. The van der Waals surface area contributed by atoms with Crippen LogP contribution in [-0.2, 0) is 11.3 Å². The molecule has 0 radical (unpaired) electrons. The Labute approximate surface area is 151 Å².